The van der Waals surface area contributed by atoms with Crippen LogP contribution in [0.5, 0.6) is 0 Å². The first-order valence-electron chi connectivity index (χ1n) is 11.9. The SMILES string of the molecule is COCCNc1ccc(-c2nc(C(C)(c3ccc(-c4cnc(N)nc4)cc3)C3CCC3)no2)cc1. The molecule has 1 unspecified atom stereocenters. The predicted octanol–water partition coefficient (Wildman–Crippen LogP) is 4.94. The Balaban J connectivity index is 1.41. The molecule has 35 heavy (non-hydrogen) atoms. The van der Waals surface area contributed by atoms with E-state index in [1.165, 1.54) is 12.0 Å². The summed E-state index contributed by atoms with van der Waals surface area (Å²) in [7, 11) is 1.69. The first-order chi connectivity index (χ1) is 17.1. The third-order valence-corrected chi connectivity index (χ3v) is 7.07. The number of nitrogens with two attached hydrogens (primary N) is 1. The van der Waals surface area contributed by atoms with Crippen molar-refractivity contribution in [2.24, 2.45) is 5.92 Å². The number of benzene rings is 2. The molecular weight excluding hydrogens is 440 g/mol. The standard InChI is InChI=1S/C27H30N6O2/c1-27(21-4-3-5-21,22-10-6-18(7-11-22)20-16-30-26(28)31-17-20)25-32-24(35-33-25)19-8-12-23(13-9-19)29-14-15-34-2/h6-13,16-17,21,29H,3-5,14-15H2,1-2H3,(H2,28,30,31). The van der Waals surface area contributed by atoms with Crippen molar-refractivity contribution in [1.29, 1.82) is 0 Å². The Labute approximate surface area is 205 Å². The largest absolute Gasteiger partial charge is 0.383 e. The molecule has 0 aliphatic heterocycles. The zero-order valence-electron chi connectivity index (χ0n) is 20.1. The zero-order chi connectivity index (χ0) is 24.3. The fraction of sp³-hybridized carbons (Fsp3) is 0.333. The van der Waals surface area contributed by atoms with Gasteiger partial charge in [-0.25, -0.2) is 9.97 Å². The first-order valence-corrected chi connectivity index (χ1v) is 11.9. The van der Waals surface area contributed by atoms with Gasteiger partial charge in [0, 0.05) is 42.9 Å². The quantitative estimate of drug-likeness (QED) is 0.331. The number of nitrogens with zero attached hydrogens (tertiary/aromatic N) is 4. The van der Waals surface area contributed by atoms with Crippen LogP contribution in [0.2, 0.25) is 0 Å². The molecule has 4 aromatic rings. The molecule has 1 aliphatic rings. The molecule has 3 N–H and O–H groups in total. The van der Waals surface area contributed by atoms with E-state index >= 15 is 0 Å². The average Bonchev–Trinajstić information content (AvgIpc) is 3.35. The van der Waals surface area contributed by atoms with Crippen LogP contribution in [0.15, 0.2) is 65.4 Å². The summed E-state index contributed by atoms with van der Waals surface area (Å²) in [4.78, 5) is 13.1. The Morgan fingerprint density at radius 3 is 2.31 bits per heavy atom. The van der Waals surface area contributed by atoms with Crippen LogP contribution >= 0.6 is 0 Å². The van der Waals surface area contributed by atoms with Crippen molar-refractivity contribution in [1.82, 2.24) is 20.1 Å². The van der Waals surface area contributed by atoms with Crippen molar-refractivity contribution in [3.63, 3.8) is 0 Å². The van der Waals surface area contributed by atoms with Crippen molar-refractivity contribution in [2.45, 2.75) is 31.6 Å². The molecule has 0 saturated heterocycles. The van der Waals surface area contributed by atoms with Gasteiger partial charge in [0.2, 0.25) is 5.95 Å². The molecular formula is C27H30N6O2. The Hall–Kier alpha value is -3.78. The number of hydrogen-bond donors (Lipinski definition) is 2. The highest BCUT2D eigenvalue weighted by molar-refractivity contribution is 5.63. The predicted molar refractivity (Wildman–Crippen MR) is 136 cm³/mol. The number of rotatable bonds is 9. The lowest BCUT2D eigenvalue weighted by Crippen LogP contribution is -2.38. The van der Waals surface area contributed by atoms with E-state index < -0.39 is 0 Å². The van der Waals surface area contributed by atoms with Crippen LogP contribution in [0.3, 0.4) is 0 Å². The van der Waals surface area contributed by atoms with E-state index in [0.717, 1.165) is 47.6 Å². The van der Waals surface area contributed by atoms with Gasteiger partial charge in [0.15, 0.2) is 5.82 Å². The molecule has 8 heteroatoms. The molecule has 1 atom stereocenters. The Bertz CT molecular complexity index is 1250. The van der Waals surface area contributed by atoms with Gasteiger partial charge in [-0.05, 0) is 61.1 Å². The van der Waals surface area contributed by atoms with E-state index in [9.17, 15) is 0 Å². The van der Waals surface area contributed by atoms with Gasteiger partial charge in [-0.2, -0.15) is 4.98 Å². The minimum absolute atomic E-state index is 0.271. The molecule has 1 aliphatic carbocycles. The fourth-order valence-electron chi connectivity index (χ4n) is 4.61. The summed E-state index contributed by atoms with van der Waals surface area (Å²) in [6.07, 6.45) is 7.01. The number of nitrogens with one attached hydrogen (secondary N) is 1. The molecule has 180 valence electrons. The van der Waals surface area contributed by atoms with Gasteiger partial charge in [-0.1, -0.05) is 35.8 Å². The van der Waals surface area contributed by atoms with Gasteiger partial charge in [0.25, 0.3) is 5.89 Å². The van der Waals surface area contributed by atoms with E-state index in [0.29, 0.717) is 18.4 Å². The normalized spacial score (nSPS) is 15.4. The number of ether oxygens (including phenoxy) is 1. The average molecular weight is 471 g/mol. The van der Waals surface area contributed by atoms with Crippen molar-refractivity contribution < 1.29 is 9.26 Å². The van der Waals surface area contributed by atoms with Crippen molar-refractivity contribution in [3.8, 4) is 22.6 Å². The van der Waals surface area contributed by atoms with E-state index in [1.807, 2.05) is 24.3 Å². The van der Waals surface area contributed by atoms with Crippen LogP contribution in [0.1, 0.15) is 37.6 Å². The summed E-state index contributed by atoms with van der Waals surface area (Å²) in [5, 5.41) is 7.78. The number of anilines is 2. The molecule has 2 aromatic carbocycles. The Kier molecular flexibility index (Phi) is 6.46. The van der Waals surface area contributed by atoms with Crippen LogP contribution in [0.25, 0.3) is 22.6 Å². The molecule has 2 aromatic heterocycles. The van der Waals surface area contributed by atoms with Crippen LogP contribution in [-0.2, 0) is 10.2 Å². The van der Waals surface area contributed by atoms with Gasteiger partial charge >= 0.3 is 0 Å². The second-order valence-electron chi connectivity index (χ2n) is 9.16. The van der Waals surface area contributed by atoms with E-state index in [2.05, 4.69) is 51.6 Å². The molecule has 0 bridgehead atoms. The fourth-order valence-corrected chi connectivity index (χ4v) is 4.61. The first kappa shape index (κ1) is 23.0. The van der Waals surface area contributed by atoms with Gasteiger partial charge in [-0.15, -0.1) is 0 Å². The number of nitrogen functional groups attached to an aromatic ring is 1. The minimum atomic E-state index is -0.336. The lowest BCUT2D eigenvalue weighted by Gasteiger charge is -2.41. The maximum absolute atomic E-state index is 5.75. The van der Waals surface area contributed by atoms with Gasteiger partial charge in [0.05, 0.1) is 12.0 Å². The van der Waals surface area contributed by atoms with Gasteiger partial charge in [0.1, 0.15) is 0 Å². The third kappa shape index (κ3) is 4.61. The number of hydrogen-bond acceptors (Lipinski definition) is 8. The van der Waals surface area contributed by atoms with Crippen LogP contribution in [0, 0.1) is 5.92 Å². The van der Waals surface area contributed by atoms with Crippen LogP contribution in [0.4, 0.5) is 11.6 Å². The molecule has 8 nitrogen and oxygen atoms in total. The second-order valence-corrected chi connectivity index (χ2v) is 9.16. The monoisotopic (exact) mass is 470 g/mol. The summed E-state index contributed by atoms with van der Waals surface area (Å²) in [6, 6.07) is 16.5. The maximum Gasteiger partial charge on any atom is 0.257 e. The lowest BCUT2D eigenvalue weighted by molar-refractivity contribution is 0.199. The summed E-state index contributed by atoms with van der Waals surface area (Å²) in [5.41, 5.74) is 10.4. The zero-order valence-corrected chi connectivity index (χ0v) is 20.1. The summed E-state index contributed by atoms with van der Waals surface area (Å²) >= 11 is 0. The highest BCUT2D eigenvalue weighted by atomic mass is 16.5. The number of aromatic nitrogens is 4. The van der Waals surface area contributed by atoms with Crippen molar-refractivity contribution >= 4 is 11.6 Å². The summed E-state index contributed by atoms with van der Waals surface area (Å²) < 4.78 is 10.8. The highest BCUT2D eigenvalue weighted by Crippen LogP contribution is 2.47. The minimum Gasteiger partial charge on any atom is -0.383 e. The van der Waals surface area contributed by atoms with E-state index in [4.69, 9.17) is 20.0 Å². The Morgan fingerprint density at radius 2 is 1.69 bits per heavy atom. The molecule has 5 rings (SSSR count). The number of methoxy groups -OCH3 is 1. The molecule has 0 amide bonds. The van der Waals surface area contributed by atoms with Gasteiger partial charge < -0.3 is 20.3 Å². The molecule has 2 heterocycles. The smallest absolute Gasteiger partial charge is 0.257 e. The molecule has 0 spiro atoms. The van der Waals surface area contributed by atoms with E-state index in [-0.39, 0.29) is 11.4 Å². The molecule has 1 fully saturated rings. The van der Waals surface area contributed by atoms with E-state index in [1.54, 1.807) is 19.5 Å². The van der Waals surface area contributed by atoms with Crippen LogP contribution < -0.4 is 11.1 Å². The second kappa shape index (κ2) is 9.84. The van der Waals surface area contributed by atoms with Crippen molar-refractivity contribution in [2.75, 3.05) is 31.3 Å². The third-order valence-electron chi connectivity index (χ3n) is 7.07. The van der Waals surface area contributed by atoms with Crippen LogP contribution in [-0.4, -0.2) is 40.4 Å². The maximum atomic E-state index is 5.75. The molecule has 0 radical (unpaired) electrons. The topological polar surface area (TPSA) is 112 Å². The lowest BCUT2D eigenvalue weighted by atomic mass is 9.62. The summed E-state index contributed by atoms with van der Waals surface area (Å²) in [5.74, 6) is 1.99. The van der Waals surface area contributed by atoms with Gasteiger partial charge in [-0.3, -0.25) is 0 Å². The van der Waals surface area contributed by atoms with Crippen molar-refractivity contribution in [3.05, 3.63) is 72.3 Å². The summed E-state index contributed by atoms with van der Waals surface area (Å²) in [6.45, 7) is 3.64. The highest BCUT2D eigenvalue weighted by Gasteiger charge is 2.44. The molecule has 1 saturated carbocycles. The Morgan fingerprint density at radius 1 is 1.00 bits per heavy atom.